The van der Waals surface area contributed by atoms with Crippen LogP contribution in [0, 0.1) is 23.2 Å². The van der Waals surface area contributed by atoms with Crippen LogP contribution in [0.3, 0.4) is 0 Å². The average molecular weight is 311 g/mol. The monoisotopic (exact) mass is 310 g/mol. The summed E-state index contributed by atoms with van der Waals surface area (Å²) in [6.07, 6.45) is 15.6. The van der Waals surface area contributed by atoms with Crippen molar-refractivity contribution in [3.05, 3.63) is 0 Å². The molecule has 22 heavy (non-hydrogen) atoms. The fourth-order valence-corrected chi connectivity index (χ4v) is 4.09. The molecule has 0 amide bonds. The van der Waals surface area contributed by atoms with Crippen molar-refractivity contribution in [2.75, 3.05) is 0 Å². The highest BCUT2D eigenvalue weighted by molar-refractivity contribution is 4.85. The summed E-state index contributed by atoms with van der Waals surface area (Å²) in [6, 6.07) is 0. The minimum atomic E-state index is 0.611. The Morgan fingerprint density at radius 3 is 1.91 bits per heavy atom. The Morgan fingerprint density at radius 2 is 1.41 bits per heavy atom. The lowest BCUT2D eigenvalue weighted by atomic mass is 9.64. The Bertz CT molecular complexity index is 242. The van der Waals surface area contributed by atoms with Crippen LogP contribution in [0.4, 0.5) is 0 Å². The zero-order valence-electron chi connectivity index (χ0n) is 17.0. The molecule has 134 valence electrons. The molecule has 3 atom stereocenters. The van der Waals surface area contributed by atoms with Gasteiger partial charge >= 0.3 is 0 Å². The van der Waals surface area contributed by atoms with Crippen LogP contribution in [-0.4, -0.2) is 0 Å². The molecule has 0 heteroatoms. The van der Waals surface area contributed by atoms with Crippen LogP contribution in [-0.2, 0) is 0 Å². The predicted molar refractivity (Wildman–Crippen MR) is 103 cm³/mol. The van der Waals surface area contributed by atoms with Gasteiger partial charge < -0.3 is 0 Å². The van der Waals surface area contributed by atoms with Crippen molar-refractivity contribution >= 4 is 0 Å². The first-order valence-electron chi connectivity index (χ1n) is 10.4. The Balaban J connectivity index is 4.68. The van der Waals surface area contributed by atoms with E-state index in [0.29, 0.717) is 5.41 Å². The van der Waals surface area contributed by atoms with Crippen molar-refractivity contribution in [1.82, 2.24) is 0 Å². The number of rotatable bonds is 14. The highest BCUT2D eigenvalue weighted by Crippen LogP contribution is 2.45. The molecule has 0 aliphatic heterocycles. The van der Waals surface area contributed by atoms with Gasteiger partial charge in [0.1, 0.15) is 0 Å². The third-order valence-electron chi connectivity index (χ3n) is 6.15. The van der Waals surface area contributed by atoms with Gasteiger partial charge in [0.2, 0.25) is 0 Å². The van der Waals surface area contributed by atoms with E-state index in [1.165, 1.54) is 70.6 Å². The molecule has 0 aromatic carbocycles. The maximum Gasteiger partial charge on any atom is -0.0272 e. The summed E-state index contributed by atoms with van der Waals surface area (Å²) in [4.78, 5) is 0. The van der Waals surface area contributed by atoms with Crippen molar-refractivity contribution in [2.45, 2.75) is 119 Å². The van der Waals surface area contributed by atoms with Crippen molar-refractivity contribution in [3.8, 4) is 0 Å². The Labute approximate surface area is 142 Å². The van der Waals surface area contributed by atoms with E-state index in [0.717, 1.165) is 17.8 Å². The molecule has 0 aromatic heterocycles. The zero-order valence-corrected chi connectivity index (χ0v) is 17.0. The van der Waals surface area contributed by atoms with E-state index in [1.54, 1.807) is 0 Å². The normalized spacial score (nSPS) is 17.5. The summed E-state index contributed by atoms with van der Waals surface area (Å²) in [6.45, 7) is 16.9. The summed E-state index contributed by atoms with van der Waals surface area (Å²) >= 11 is 0. The summed E-state index contributed by atoms with van der Waals surface area (Å²) in [7, 11) is 0. The molecule has 0 N–H and O–H groups in total. The molecule has 0 fully saturated rings. The molecule has 0 aromatic rings. The molecule has 0 spiro atoms. The second-order valence-corrected chi connectivity index (χ2v) is 8.47. The molecule has 0 aliphatic carbocycles. The van der Waals surface area contributed by atoms with Crippen LogP contribution in [0.1, 0.15) is 119 Å². The average Bonchev–Trinajstić information content (AvgIpc) is 2.49. The first-order chi connectivity index (χ1) is 10.4. The minimum Gasteiger partial charge on any atom is -0.0654 e. The quantitative estimate of drug-likeness (QED) is 0.283. The Morgan fingerprint density at radius 1 is 0.773 bits per heavy atom. The van der Waals surface area contributed by atoms with E-state index in [4.69, 9.17) is 0 Å². The molecular formula is C22H46. The van der Waals surface area contributed by atoms with Crippen LogP contribution >= 0.6 is 0 Å². The molecule has 0 radical (unpaired) electrons. The van der Waals surface area contributed by atoms with Gasteiger partial charge in [0.05, 0.1) is 0 Å². The van der Waals surface area contributed by atoms with Crippen LogP contribution in [0.5, 0.6) is 0 Å². The predicted octanol–water partition coefficient (Wildman–Crippen LogP) is 8.25. The van der Waals surface area contributed by atoms with Crippen molar-refractivity contribution < 1.29 is 0 Å². The van der Waals surface area contributed by atoms with Gasteiger partial charge in [-0.15, -0.1) is 0 Å². The fourth-order valence-electron chi connectivity index (χ4n) is 4.09. The fraction of sp³-hybridized carbons (Fsp3) is 1.00. The van der Waals surface area contributed by atoms with E-state index in [9.17, 15) is 0 Å². The van der Waals surface area contributed by atoms with E-state index in [2.05, 4.69) is 48.5 Å². The number of hydrogen-bond donors (Lipinski definition) is 0. The first-order valence-corrected chi connectivity index (χ1v) is 10.4. The molecule has 0 bridgehead atoms. The lowest BCUT2D eigenvalue weighted by Crippen LogP contribution is -2.30. The van der Waals surface area contributed by atoms with Crippen molar-refractivity contribution in [3.63, 3.8) is 0 Å². The van der Waals surface area contributed by atoms with Crippen molar-refractivity contribution in [1.29, 1.82) is 0 Å². The molecule has 0 nitrogen and oxygen atoms in total. The summed E-state index contributed by atoms with van der Waals surface area (Å²) < 4.78 is 0. The smallest absolute Gasteiger partial charge is 0.0272 e. The van der Waals surface area contributed by atoms with E-state index >= 15 is 0 Å². The van der Waals surface area contributed by atoms with E-state index in [-0.39, 0.29) is 0 Å². The maximum atomic E-state index is 2.56. The molecular weight excluding hydrogens is 264 g/mol. The molecule has 0 rings (SSSR count). The molecule has 0 heterocycles. The highest BCUT2D eigenvalue weighted by atomic mass is 14.4. The van der Waals surface area contributed by atoms with Crippen molar-refractivity contribution in [2.24, 2.45) is 23.2 Å². The topological polar surface area (TPSA) is 0 Å². The van der Waals surface area contributed by atoms with Gasteiger partial charge in [0, 0.05) is 0 Å². The lowest BCUT2D eigenvalue weighted by molar-refractivity contribution is 0.0950. The van der Waals surface area contributed by atoms with E-state index in [1.807, 2.05) is 0 Å². The summed E-state index contributed by atoms with van der Waals surface area (Å²) in [5.41, 5.74) is 0.611. The van der Waals surface area contributed by atoms with Gasteiger partial charge in [-0.05, 0) is 36.0 Å². The third kappa shape index (κ3) is 8.59. The van der Waals surface area contributed by atoms with Gasteiger partial charge in [-0.2, -0.15) is 0 Å². The first kappa shape index (κ1) is 22.0. The minimum absolute atomic E-state index is 0.611. The summed E-state index contributed by atoms with van der Waals surface area (Å²) in [5.74, 6) is 2.66. The van der Waals surface area contributed by atoms with Gasteiger partial charge in [-0.1, -0.05) is 106 Å². The number of hydrogen-bond acceptors (Lipinski definition) is 0. The molecule has 0 saturated carbocycles. The van der Waals surface area contributed by atoms with Crippen LogP contribution in [0.25, 0.3) is 0 Å². The Kier molecular flexibility index (Phi) is 12.4. The lowest BCUT2D eigenvalue weighted by Gasteiger charge is -2.41. The van der Waals surface area contributed by atoms with Crippen LogP contribution < -0.4 is 0 Å². The Hall–Kier alpha value is 0. The van der Waals surface area contributed by atoms with Gasteiger partial charge in [0.25, 0.3) is 0 Å². The van der Waals surface area contributed by atoms with Gasteiger partial charge in [-0.3, -0.25) is 0 Å². The van der Waals surface area contributed by atoms with Gasteiger partial charge in [0.15, 0.2) is 0 Å². The second kappa shape index (κ2) is 12.4. The number of unbranched alkanes of at least 4 members (excludes halogenated alkanes) is 3. The highest BCUT2D eigenvalue weighted by Gasteiger charge is 2.34. The largest absolute Gasteiger partial charge is 0.0654 e. The van der Waals surface area contributed by atoms with E-state index < -0.39 is 0 Å². The maximum absolute atomic E-state index is 2.56. The summed E-state index contributed by atoms with van der Waals surface area (Å²) in [5, 5.41) is 0. The standard InChI is InChI=1S/C22H46/c1-8-11-12-16-21(7)22(10-3,18-20(6)9-2)17-14-13-15-19(4)5/h19-21H,8-18H2,1-7H3. The van der Waals surface area contributed by atoms with Gasteiger partial charge in [-0.25, -0.2) is 0 Å². The molecule has 0 saturated heterocycles. The van der Waals surface area contributed by atoms with Crippen LogP contribution in [0.15, 0.2) is 0 Å². The van der Waals surface area contributed by atoms with Crippen LogP contribution in [0.2, 0.25) is 0 Å². The third-order valence-corrected chi connectivity index (χ3v) is 6.15. The zero-order chi connectivity index (χ0) is 17.0. The SMILES string of the molecule is CCCCCC(C)C(CC)(CCCCC(C)C)CC(C)CC. The molecule has 3 unspecified atom stereocenters. The second-order valence-electron chi connectivity index (χ2n) is 8.47. The molecule has 0 aliphatic rings.